The molecule has 0 unspecified atom stereocenters. The number of sulfone groups is 1. The van der Waals surface area contributed by atoms with E-state index < -0.39 is 17.1 Å². The predicted molar refractivity (Wildman–Crippen MR) is 129 cm³/mol. The molecule has 0 saturated carbocycles. The van der Waals surface area contributed by atoms with Crippen molar-refractivity contribution in [2.75, 3.05) is 5.49 Å². The third-order valence-electron chi connectivity index (χ3n) is 5.13. The Kier molecular flexibility index (Phi) is 7.56. The summed E-state index contributed by atoms with van der Waals surface area (Å²) in [5, 5.41) is 3.64. The van der Waals surface area contributed by atoms with E-state index in [4.69, 9.17) is 11.6 Å². The molecule has 0 aromatic heterocycles. The van der Waals surface area contributed by atoms with E-state index in [1.54, 1.807) is 24.3 Å². The summed E-state index contributed by atoms with van der Waals surface area (Å²) in [5.41, 5.74) is 0.0136. The van der Waals surface area contributed by atoms with Crippen molar-refractivity contribution in [1.29, 1.82) is 0 Å². The second-order valence-electron chi connectivity index (χ2n) is 7.01. The number of hydrogen-bond donors (Lipinski definition) is 0. The molecule has 0 saturated heterocycles. The van der Waals surface area contributed by atoms with Crippen LogP contribution in [0.5, 0.6) is 0 Å². The molecule has 0 N–H and O–H groups in total. The van der Waals surface area contributed by atoms with Crippen LogP contribution in [0.2, 0.25) is 5.02 Å². The van der Waals surface area contributed by atoms with Gasteiger partial charge in [0.05, 0.1) is 4.90 Å². The largest absolute Gasteiger partial charge is 1.00 e. The minimum absolute atomic E-state index is 0. The van der Waals surface area contributed by atoms with Gasteiger partial charge in [-0.15, -0.1) is 0 Å². The van der Waals surface area contributed by atoms with Crippen molar-refractivity contribution >= 4 is 44.6 Å². The second-order valence-corrected chi connectivity index (χ2v) is 13.4. The molecule has 0 aliphatic carbocycles. The van der Waals surface area contributed by atoms with Gasteiger partial charge in [-0.3, -0.25) is 0 Å². The number of benzene rings is 4. The van der Waals surface area contributed by atoms with Gasteiger partial charge in [-0.25, -0.2) is 8.42 Å². The molecule has 0 spiro atoms. The van der Waals surface area contributed by atoms with Gasteiger partial charge >= 0.3 is 0 Å². The van der Waals surface area contributed by atoms with Gasteiger partial charge in [0.2, 0.25) is 9.84 Å². The van der Waals surface area contributed by atoms with E-state index in [2.05, 4.69) is 0 Å². The van der Waals surface area contributed by atoms with Crippen LogP contribution in [0.25, 0.3) is 0 Å². The van der Waals surface area contributed by atoms with Gasteiger partial charge in [0.1, 0.15) is 23.2 Å². The van der Waals surface area contributed by atoms with Crippen LogP contribution in [0.1, 0.15) is 0 Å². The van der Waals surface area contributed by atoms with E-state index in [1.807, 2.05) is 91.0 Å². The SMILES string of the molecule is O=S(=O)(C[P+](c1ccccc1)(c1ccccc1)c1ccccc1)c1ccc(Cl)cc1.[Cl-]. The molecule has 6 heteroatoms. The monoisotopic (exact) mass is 486 g/mol. The van der Waals surface area contributed by atoms with Gasteiger partial charge in [-0.1, -0.05) is 66.2 Å². The van der Waals surface area contributed by atoms with E-state index in [0.29, 0.717) is 9.92 Å². The molecular weight excluding hydrogens is 466 g/mol. The summed E-state index contributed by atoms with van der Waals surface area (Å²) in [7, 11) is -6.06. The van der Waals surface area contributed by atoms with E-state index >= 15 is 0 Å². The van der Waals surface area contributed by atoms with Gasteiger partial charge in [0.15, 0.2) is 5.49 Å². The fourth-order valence-corrected chi connectivity index (χ4v) is 11.7. The van der Waals surface area contributed by atoms with Crippen molar-refractivity contribution in [1.82, 2.24) is 0 Å². The molecule has 2 nitrogen and oxygen atoms in total. The summed E-state index contributed by atoms with van der Waals surface area (Å²) in [6.07, 6.45) is 0. The average Bonchev–Trinajstić information content (AvgIpc) is 2.79. The Morgan fingerprint density at radius 1 is 0.581 bits per heavy atom. The summed E-state index contributed by atoms with van der Waals surface area (Å²) in [6, 6.07) is 36.5. The third-order valence-corrected chi connectivity index (χ3v) is 12.8. The minimum Gasteiger partial charge on any atom is -1.00 e. The Bertz CT molecular complexity index is 1120. The van der Waals surface area contributed by atoms with Crippen molar-refractivity contribution in [3.63, 3.8) is 0 Å². The maximum atomic E-state index is 13.7. The summed E-state index contributed by atoms with van der Waals surface area (Å²) < 4.78 is 27.3. The van der Waals surface area contributed by atoms with E-state index in [9.17, 15) is 8.42 Å². The number of rotatable bonds is 6. The van der Waals surface area contributed by atoms with Crippen molar-refractivity contribution in [3.05, 3.63) is 120 Å². The minimum atomic E-state index is -3.59. The lowest BCUT2D eigenvalue weighted by Crippen LogP contribution is -3.00. The lowest BCUT2D eigenvalue weighted by atomic mass is 10.4. The van der Waals surface area contributed by atoms with E-state index in [-0.39, 0.29) is 17.9 Å². The zero-order chi connectivity index (χ0) is 21.0. The predicted octanol–water partition coefficient (Wildman–Crippen LogP) is 2.07. The first-order valence-corrected chi connectivity index (χ1v) is 13.6. The summed E-state index contributed by atoms with van der Waals surface area (Å²) in [6.45, 7) is 0. The lowest BCUT2D eigenvalue weighted by Gasteiger charge is -2.27. The highest BCUT2D eigenvalue weighted by Gasteiger charge is 2.49. The Labute approximate surface area is 195 Å². The van der Waals surface area contributed by atoms with Crippen LogP contribution in [-0.2, 0) is 9.84 Å². The first kappa shape index (κ1) is 23.5. The maximum Gasteiger partial charge on any atom is 0.213 e. The van der Waals surface area contributed by atoms with Crippen LogP contribution >= 0.6 is 18.9 Å². The highest BCUT2D eigenvalue weighted by Crippen LogP contribution is 2.56. The zero-order valence-electron chi connectivity index (χ0n) is 16.6. The third kappa shape index (κ3) is 4.86. The maximum absolute atomic E-state index is 13.7. The highest BCUT2D eigenvalue weighted by molar-refractivity contribution is 8.09. The number of halogens is 2. The lowest BCUT2D eigenvalue weighted by molar-refractivity contribution is -0.00000817. The first-order valence-electron chi connectivity index (χ1n) is 9.56. The smallest absolute Gasteiger partial charge is 0.213 e. The summed E-state index contributed by atoms with van der Waals surface area (Å²) >= 11 is 5.99. The van der Waals surface area contributed by atoms with Crippen molar-refractivity contribution in [2.24, 2.45) is 0 Å². The van der Waals surface area contributed by atoms with E-state index in [0.717, 1.165) is 15.9 Å². The van der Waals surface area contributed by atoms with Crippen LogP contribution < -0.4 is 28.3 Å². The molecule has 0 bridgehead atoms. The molecule has 0 atom stereocenters. The quantitative estimate of drug-likeness (QED) is 0.391. The molecule has 4 rings (SSSR count). The molecule has 31 heavy (non-hydrogen) atoms. The average molecular weight is 487 g/mol. The van der Waals surface area contributed by atoms with Gasteiger partial charge in [0.25, 0.3) is 0 Å². The Balaban J connectivity index is 0.00000272. The molecule has 0 aliphatic heterocycles. The Hall–Kier alpha value is -2.16. The van der Waals surface area contributed by atoms with Gasteiger partial charge < -0.3 is 12.4 Å². The molecule has 4 aromatic carbocycles. The van der Waals surface area contributed by atoms with E-state index in [1.165, 1.54) is 0 Å². The Morgan fingerprint density at radius 2 is 0.935 bits per heavy atom. The first-order chi connectivity index (χ1) is 14.5. The highest BCUT2D eigenvalue weighted by atomic mass is 35.5. The van der Waals surface area contributed by atoms with Gasteiger partial charge in [0, 0.05) is 5.02 Å². The van der Waals surface area contributed by atoms with Crippen LogP contribution in [-0.4, -0.2) is 13.9 Å². The standard InChI is InChI=1S/C25H21ClO2PS.ClH/c26-21-16-18-25(19-17-21)30(27,28)20-29(22-10-4-1-5-11-22,23-12-6-2-7-13-23)24-14-8-3-9-15-24;/h1-19H,20H2;1H/q+1;/p-1. The molecule has 0 aliphatic rings. The normalized spacial score (nSPS) is 11.5. The topological polar surface area (TPSA) is 34.1 Å². The van der Waals surface area contributed by atoms with Gasteiger partial charge in [-0.05, 0) is 60.7 Å². The molecule has 0 heterocycles. The molecule has 0 fully saturated rings. The molecule has 0 amide bonds. The fraction of sp³-hybridized carbons (Fsp3) is 0.0400. The molecule has 158 valence electrons. The zero-order valence-corrected chi connectivity index (χ0v) is 19.8. The fourth-order valence-electron chi connectivity index (χ4n) is 3.69. The van der Waals surface area contributed by atoms with Crippen molar-refractivity contribution < 1.29 is 20.8 Å². The summed E-state index contributed by atoms with van der Waals surface area (Å²) in [5.74, 6) is 0. The molecule has 4 aromatic rings. The van der Waals surface area contributed by atoms with Crippen molar-refractivity contribution in [2.45, 2.75) is 4.90 Å². The van der Waals surface area contributed by atoms with Gasteiger partial charge in [-0.2, -0.15) is 0 Å². The van der Waals surface area contributed by atoms with Crippen LogP contribution in [0, 0.1) is 0 Å². The number of hydrogen-bond acceptors (Lipinski definition) is 2. The van der Waals surface area contributed by atoms with Crippen LogP contribution in [0.4, 0.5) is 0 Å². The summed E-state index contributed by atoms with van der Waals surface area (Å²) in [4.78, 5) is 0.291. The van der Waals surface area contributed by atoms with Crippen molar-refractivity contribution in [3.8, 4) is 0 Å². The Morgan fingerprint density at radius 3 is 1.29 bits per heavy atom. The second kappa shape index (κ2) is 9.97. The van der Waals surface area contributed by atoms with Crippen LogP contribution in [0.3, 0.4) is 0 Å². The molecular formula is C25H21Cl2O2PS. The van der Waals surface area contributed by atoms with Crippen LogP contribution in [0.15, 0.2) is 120 Å². The molecule has 0 radical (unpaired) electrons.